The topological polar surface area (TPSA) is 72.0 Å². The minimum Gasteiger partial charge on any atom is -0.391 e. The zero-order valence-electron chi connectivity index (χ0n) is 10.6. The first-order valence-corrected chi connectivity index (χ1v) is 7.47. The van der Waals surface area contributed by atoms with Gasteiger partial charge in [0.25, 0.3) is 0 Å². The average Bonchev–Trinajstić information content (AvgIpc) is 3.07. The lowest BCUT2D eigenvalue weighted by atomic mass is 10.1. The first-order valence-electron chi connectivity index (χ1n) is 6.32. The Kier molecular flexibility index (Phi) is 3.52. The SMILES string of the molecule is CCc1cnccc1-c1noc(C2CSCC2O)n1. The third kappa shape index (κ3) is 2.37. The molecule has 3 rings (SSSR count). The van der Waals surface area contributed by atoms with Crippen molar-refractivity contribution in [2.75, 3.05) is 11.5 Å². The number of nitrogens with zero attached hydrogens (tertiary/aromatic N) is 3. The summed E-state index contributed by atoms with van der Waals surface area (Å²) in [5.74, 6) is 2.64. The number of aryl methyl sites for hydroxylation is 1. The molecule has 0 radical (unpaired) electrons. The van der Waals surface area contributed by atoms with Crippen molar-refractivity contribution in [3.8, 4) is 11.4 Å². The van der Waals surface area contributed by atoms with E-state index in [-0.39, 0.29) is 12.0 Å². The Morgan fingerprint density at radius 3 is 3.11 bits per heavy atom. The van der Waals surface area contributed by atoms with E-state index >= 15 is 0 Å². The molecule has 0 aromatic carbocycles. The molecule has 0 spiro atoms. The van der Waals surface area contributed by atoms with Gasteiger partial charge < -0.3 is 9.63 Å². The lowest BCUT2D eigenvalue weighted by Gasteiger charge is -2.06. The van der Waals surface area contributed by atoms with Crippen LogP contribution in [0.2, 0.25) is 0 Å². The van der Waals surface area contributed by atoms with Gasteiger partial charge in [0.05, 0.1) is 12.0 Å². The summed E-state index contributed by atoms with van der Waals surface area (Å²) in [5.41, 5.74) is 2.05. The zero-order chi connectivity index (χ0) is 13.2. The quantitative estimate of drug-likeness (QED) is 0.923. The maximum Gasteiger partial charge on any atom is 0.233 e. The molecule has 1 fully saturated rings. The van der Waals surface area contributed by atoms with Crippen molar-refractivity contribution in [3.05, 3.63) is 29.9 Å². The molecule has 5 nitrogen and oxygen atoms in total. The van der Waals surface area contributed by atoms with Gasteiger partial charge in [0.2, 0.25) is 11.7 Å². The number of hydrogen-bond donors (Lipinski definition) is 1. The number of aliphatic hydroxyl groups excluding tert-OH is 1. The van der Waals surface area contributed by atoms with Crippen molar-refractivity contribution in [1.82, 2.24) is 15.1 Å². The van der Waals surface area contributed by atoms with Crippen LogP contribution < -0.4 is 0 Å². The molecule has 2 aromatic heterocycles. The number of pyridine rings is 1. The van der Waals surface area contributed by atoms with E-state index in [1.807, 2.05) is 12.3 Å². The Bertz CT molecular complexity index is 573. The van der Waals surface area contributed by atoms with E-state index in [0.29, 0.717) is 11.7 Å². The number of rotatable bonds is 3. The first-order chi connectivity index (χ1) is 9.29. The minimum atomic E-state index is -0.388. The maximum atomic E-state index is 9.86. The first kappa shape index (κ1) is 12.6. The molecule has 0 aliphatic carbocycles. The van der Waals surface area contributed by atoms with Crippen LogP contribution in [0.1, 0.15) is 24.3 Å². The summed E-state index contributed by atoms with van der Waals surface area (Å²) in [5, 5.41) is 13.9. The molecular weight excluding hydrogens is 262 g/mol. The predicted molar refractivity (Wildman–Crippen MR) is 73.0 cm³/mol. The van der Waals surface area contributed by atoms with Crippen LogP contribution in [-0.2, 0) is 6.42 Å². The van der Waals surface area contributed by atoms with E-state index in [0.717, 1.165) is 29.1 Å². The standard InChI is InChI=1S/C13H15N3O2S/c1-2-8-5-14-4-3-9(8)12-15-13(18-16-12)10-6-19-7-11(10)17/h3-5,10-11,17H,2,6-7H2,1H3. The van der Waals surface area contributed by atoms with Crippen LogP contribution in [0.4, 0.5) is 0 Å². The molecule has 1 aliphatic rings. The summed E-state index contributed by atoms with van der Waals surface area (Å²) < 4.78 is 5.32. The normalized spacial score (nSPS) is 22.8. The molecule has 1 aliphatic heterocycles. The monoisotopic (exact) mass is 277 g/mol. The third-order valence-electron chi connectivity index (χ3n) is 3.33. The highest BCUT2D eigenvalue weighted by atomic mass is 32.2. The summed E-state index contributed by atoms with van der Waals surface area (Å²) in [6.07, 6.45) is 4.03. The van der Waals surface area contributed by atoms with Gasteiger partial charge in [0.1, 0.15) is 0 Å². The van der Waals surface area contributed by atoms with Gasteiger partial charge in [0, 0.05) is 29.5 Å². The zero-order valence-corrected chi connectivity index (χ0v) is 11.4. The second-order valence-electron chi connectivity index (χ2n) is 4.55. The number of thioether (sulfide) groups is 1. The van der Waals surface area contributed by atoms with Crippen molar-refractivity contribution in [1.29, 1.82) is 0 Å². The lowest BCUT2D eigenvalue weighted by molar-refractivity contribution is 0.164. The summed E-state index contributed by atoms with van der Waals surface area (Å²) in [6.45, 7) is 2.07. The van der Waals surface area contributed by atoms with Gasteiger partial charge in [-0.1, -0.05) is 12.1 Å². The Morgan fingerprint density at radius 2 is 2.37 bits per heavy atom. The second kappa shape index (κ2) is 5.30. The van der Waals surface area contributed by atoms with Gasteiger partial charge in [0.15, 0.2) is 0 Å². The maximum absolute atomic E-state index is 9.86. The Balaban J connectivity index is 1.92. The highest BCUT2D eigenvalue weighted by Gasteiger charge is 2.32. The van der Waals surface area contributed by atoms with Gasteiger partial charge in [-0.2, -0.15) is 16.7 Å². The lowest BCUT2D eigenvalue weighted by Crippen LogP contribution is -2.15. The largest absolute Gasteiger partial charge is 0.391 e. The van der Waals surface area contributed by atoms with Gasteiger partial charge in [-0.15, -0.1) is 0 Å². The Morgan fingerprint density at radius 1 is 1.47 bits per heavy atom. The van der Waals surface area contributed by atoms with Crippen LogP contribution in [0, 0.1) is 0 Å². The summed E-state index contributed by atoms with van der Waals surface area (Å²) in [6, 6.07) is 1.90. The van der Waals surface area contributed by atoms with Crippen LogP contribution in [0.25, 0.3) is 11.4 Å². The minimum absolute atomic E-state index is 0.0434. The van der Waals surface area contributed by atoms with Gasteiger partial charge in [-0.05, 0) is 18.1 Å². The number of aliphatic hydroxyl groups is 1. The number of hydrogen-bond acceptors (Lipinski definition) is 6. The van der Waals surface area contributed by atoms with Crippen LogP contribution >= 0.6 is 11.8 Å². The molecule has 2 aromatic rings. The molecule has 1 saturated heterocycles. The Labute approximate surface area is 115 Å². The molecule has 1 N–H and O–H groups in total. The van der Waals surface area contributed by atoms with Crippen LogP contribution in [-0.4, -0.2) is 37.8 Å². The van der Waals surface area contributed by atoms with Crippen LogP contribution in [0.3, 0.4) is 0 Å². The molecular formula is C13H15N3O2S. The molecule has 2 unspecified atom stereocenters. The fraction of sp³-hybridized carbons (Fsp3) is 0.462. The molecule has 6 heteroatoms. The van der Waals surface area contributed by atoms with Gasteiger partial charge in [-0.3, -0.25) is 4.98 Å². The van der Waals surface area contributed by atoms with E-state index in [1.54, 1.807) is 18.0 Å². The van der Waals surface area contributed by atoms with Crippen LogP contribution in [0.15, 0.2) is 23.0 Å². The van der Waals surface area contributed by atoms with Crippen molar-refractivity contribution >= 4 is 11.8 Å². The summed E-state index contributed by atoms with van der Waals surface area (Å²) in [7, 11) is 0. The third-order valence-corrected chi connectivity index (χ3v) is 4.51. The second-order valence-corrected chi connectivity index (χ2v) is 5.63. The Hall–Kier alpha value is -1.40. The van der Waals surface area contributed by atoms with E-state index in [4.69, 9.17) is 4.52 Å². The van der Waals surface area contributed by atoms with Crippen molar-refractivity contribution in [3.63, 3.8) is 0 Å². The van der Waals surface area contributed by atoms with E-state index in [9.17, 15) is 5.11 Å². The average molecular weight is 277 g/mol. The van der Waals surface area contributed by atoms with Crippen molar-refractivity contribution in [2.24, 2.45) is 0 Å². The smallest absolute Gasteiger partial charge is 0.233 e. The van der Waals surface area contributed by atoms with E-state index in [1.165, 1.54) is 0 Å². The molecule has 3 heterocycles. The highest BCUT2D eigenvalue weighted by molar-refractivity contribution is 7.99. The van der Waals surface area contributed by atoms with Gasteiger partial charge >= 0.3 is 0 Å². The van der Waals surface area contributed by atoms with Gasteiger partial charge in [-0.25, -0.2) is 0 Å². The van der Waals surface area contributed by atoms with E-state index < -0.39 is 0 Å². The summed E-state index contributed by atoms with van der Waals surface area (Å²) in [4.78, 5) is 8.55. The summed E-state index contributed by atoms with van der Waals surface area (Å²) >= 11 is 1.71. The fourth-order valence-electron chi connectivity index (χ4n) is 2.20. The van der Waals surface area contributed by atoms with E-state index in [2.05, 4.69) is 22.0 Å². The molecule has 0 bridgehead atoms. The highest BCUT2D eigenvalue weighted by Crippen LogP contribution is 2.33. The molecule has 2 atom stereocenters. The fourth-order valence-corrected chi connectivity index (χ4v) is 3.43. The van der Waals surface area contributed by atoms with Crippen molar-refractivity contribution in [2.45, 2.75) is 25.4 Å². The molecule has 0 amide bonds. The van der Waals surface area contributed by atoms with Crippen LogP contribution in [0.5, 0.6) is 0 Å². The molecule has 19 heavy (non-hydrogen) atoms. The molecule has 100 valence electrons. The van der Waals surface area contributed by atoms with Crippen molar-refractivity contribution < 1.29 is 9.63 Å². The number of aromatic nitrogens is 3. The molecule has 0 saturated carbocycles. The predicted octanol–water partition coefficient (Wildman–Crippen LogP) is 1.89.